The van der Waals surface area contributed by atoms with E-state index in [0.29, 0.717) is 52.4 Å². The number of aromatic nitrogens is 3. The Morgan fingerprint density at radius 3 is 2.50 bits per heavy atom. The van der Waals surface area contributed by atoms with Crippen molar-refractivity contribution in [2.24, 2.45) is 5.73 Å². The summed E-state index contributed by atoms with van der Waals surface area (Å²) in [4.78, 5) is 25.8. The molecule has 1 aromatic heterocycles. The van der Waals surface area contributed by atoms with Crippen molar-refractivity contribution in [3.8, 4) is 11.3 Å². The van der Waals surface area contributed by atoms with Crippen LogP contribution in [0.1, 0.15) is 18.4 Å². The summed E-state index contributed by atoms with van der Waals surface area (Å²) in [5, 5.41) is 12.6. The Labute approximate surface area is 211 Å². The predicted octanol–water partition coefficient (Wildman–Crippen LogP) is 3.62. The Hall–Kier alpha value is -2.65. The third-order valence-corrected chi connectivity index (χ3v) is 6.97. The van der Waals surface area contributed by atoms with Gasteiger partial charge in [-0.2, -0.15) is 0 Å². The Kier molecular flexibility index (Phi) is 7.42. The van der Waals surface area contributed by atoms with Crippen LogP contribution in [0.2, 0.25) is 15.1 Å². The molecule has 178 valence electrons. The van der Waals surface area contributed by atoms with Crippen LogP contribution in [0, 0.1) is 0 Å². The van der Waals surface area contributed by atoms with E-state index in [4.69, 9.17) is 45.3 Å². The van der Waals surface area contributed by atoms with Crippen molar-refractivity contribution in [3.05, 3.63) is 69.3 Å². The summed E-state index contributed by atoms with van der Waals surface area (Å²) in [6, 6.07) is 11.3. The lowest BCUT2D eigenvalue weighted by atomic mass is 9.88. The lowest BCUT2D eigenvalue weighted by Gasteiger charge is -2.36. The van der Waals surface area contributed by atoms with Crippen LogP contribution >= 0.6 is 34.8 Å². The molecule has 1 unspecified atom stereocenters. The van der Waals surface area contributed by atoms with Crippen molar-refractivity contribution in [2.45, 2.75) is 30.8 Å². The highest BCUT2D eigenvalue weighted by Crippen LogP contribution is 2.35. The molecular weight excluding hydrogens is 501 g/mol. The minimum Gasteiger partial charge on any atom is -0.381 e. The lowest BCUT2D eigenvalue weighted by Crippen LogP contribution is -2.57. The first-order valence-corrected chi connectivity index (χ1v) is 11.7. The number of primary amides is 1. The first-order chi connectivity index (χ1) is 16.3. The molecule has 0 spiro atoms. The number of carbonyl (C=O) groups is 2. The van der Waals surface area contributed by atoms with Gasteiger partial charge in [0, 0.05) is 43.1 Å². The average Bonchev–Trinajstić information content (AvgIpc) is 3.32. The van der Waals surface area contributed by atoms with Gasteiger partial charge in [0.05, 0.1) is 16.2 Å². The zero-order chi connectivity index (χ0) is 24.3. The number of benzene rings is 2. The van der Waals surface area contributed by atoms with Crippen molar-refractivity contribution in [2.75, 3.05) is 13.2 Å². The quantitative estimate of drug-likeness (QED) is 0.492. The normalized spacial score (nSPS) is 16.1. The van der Waals surface area contributed by atoms with Crippen LogP contribution in [0.25, 0.3) is 11.3 Å². The number of nitrogens with two attached hydrogens (primary N) is 1. The number of halogens is 3. The summed E-state index contributed by atoms with van der Waals surface area (Å²) in [5.74, 6) is -1.03. The summed E-state index contributed by atoms with van der Waals surface area (Å²) < 4.78 is 7.01. The second-order valence-electron chi connectivity index (χ2n) is 8.05. The smallest absolute Gasteiger partial charge is 0.248 e. The highest BCUT2D eigenvalue weighted by atomic mass is 35.5. The van der Waals surface area contributed by atoms with Crippen LogP contribution in [0.4, 0.5) is 0 Å². The van der Waals surface area contributed by atoms with Gasteiger partial charge in [0.25, 0.3) is 0 Å². The third kappa shape index (κ3) is 5.05. The van der Waals surface area contributed by atoms with E-state index in [-0.39, 0.29) is 12.3 Å². The zero-order valence-corrected chi connectivity index (χ0v) is 20.3. The molecule has 0 aliphatic carbocycles. The van der Waals surface area contributed by atoms with Crippen molar-refractivity contribution < 1.29 is 14.3 Å². The zero-order valence-electron chi connectivity index (χ0n) is 18.0. The standard InChI is InChI=1S/C23H22Cl3N5O3/c24-15-6-4-14(5-7-15)12-18(21(27)32)28-22(33)23(8-10-34-11-9-23)31-13-19(29-30-31)16-2-1-3-17(25)20(16)26/h1-7,13,18H,8-12H2,(H2,27,32)(H,28,33). The van der Waals surface area contributed by atoms with Gasteiger partial charge in [-0.25, -0.2) is 4.68 Å². The fourth-order valence-corrected chi connectivity index (χ4v) is 4.46. The summed E-state index contributed by atoms with van der Waals surface area (Å²) in [6.07, 6.45) is 2.57. The highest BCUT2D eigenvalue weighted by Gasteiger charge is 2.44. The van der Waals surface area contributed by atoms with E-state index in [1.165, 1.54) is 4.68 Å². The van der Waals surface area contributed by atoms with E-state index >= 15 is 0 Å². The summed E-state index contributed by atoms with van der Waals surface area (Å²) in [5.41, 5.74) is 6.39. The van der Waals surface area contributed by atoms with Gasteiger partial charge in [-0.15, -0.1) is 5.10 Å². The molecule has 0 saturated carbocycles. The van der Waals surface area contributed by atoms with Crippen LogP contribution in [0.15, 0.2) is 48.7 Å². The fraction of sp³-hybridized carbons (Fsp3) is 0.304. The molecule has 2 aromatic carbocycles. The molecule has 2 amide bonds. The molecule has 3 N–H and O–H groups in total. The van der Waals surface area contributed by atoms with Gasteiger partial charge in [-0.3, -0.25) is 9.59 Å². The van der Waals surface area contributed by atoms with Gasteiger partial charge >= 0.3 is 0 Å². The number of rotatable bonds is 7. The van der Waals surface area contributed by atoms with Gasteiger partial charge < -0.3 is 15.8 Å². The Bertz CT molecular complexity index is 1190. The lowest BCUT2D eigenvalue weighted by molar-refractivity contribution is -0.138. The van der Waals surface area contributed by atoms with Crippen LogP contribution in [-0.2, 0) is 26.3 Å². The van der Waals surface area contributed by atoms with Crippen LogP contribution in [0.3, 0.4) is 0 Å². The van der Waals surface area contributed by atoms with Gasteiger partial charge in [0.15, 0.2) is 0 Å². The van der Waals surface area contributed by atoms with Crippen molar-refractivity contribution in [1.82, 2.24) is 20.3 Å². The van der Waals surface area contributed by atoms with Crippen LogP contribution in [-0.4, -0.2) is 46.1 Å². The maximum absolute atomic E-state index is 13.6. The van der Waals surface area contributed by atoms with Crippen molar-refractivity contribution in [3.63, 3.8) is 0 Å². The second kappa shape index (κ2) is 10.3. The predicted molar refractivity (Wildman–Crippen MR) is 130 cm³/mol. The molecule has 0 bridgehead atoms. The molecule has 11 heteroatoms. The van der Waals surface area contributed by atoms with Crippen molar-refractivity contribution in [1.29, 1.82) is 0 Å². The minimum absolute atomic E-state index is 0.228. The van der Waals surface area contributed by atoms with Crippen LogP contribution in [0.5, 0.6) is 0 Å². The number of amides is 2. The third-order valence-electron chi connectivity index (χ3n) is 5.90. The number of hydrogen-bond acceptors (Lipinski definition) is 5. The van der Waals surface area contributed by atoms with Crippen molar-refractivity contribution >= 4 is 46.6 Å². The Morgan fingerprint density at radius 1 is 1.12 bits per heavy atom. The summed E-state index contributed by atoms with van der Waals surface area (Å²) in [7, 11) is 0. The van der Waals surface area contributed by atoms with Gasteiger partial charge in [-0.05, 0) is 23.8 Å². The molecule has 4 rings (SSSR count). The average molecular weight is 523 g/mol. The van der Waals surface area contributed by atoms with Gasteiger partial charge in [0.1, 0.15) is 17.3 Å². The first-order valence-electron chi connectivity index (χ1n) is 10.6. The molecule has 8 nitrogen and oxygen atoms in total. The number of carbonyl (C=O) groups excluding carboxylic acids is 2. The molecule has 1 atom stereocenters. The van der Waals surface area contributed by atoms with E-state index in [0.717, 1.165) is 5.56 Å². The first kappa shape index (κ1) is 24.5. The SMILES string of the molecule is NC(=O)C(Cc1ccc(Cl)cc1)NC(=O)C1(n2cc(-c3cccc(Cl)c3Cl)nn2)CCOCC1. The van der Waals surface area contributed by atoms with E-state index in [2.05, 4.69) is 15.6 Å². The summed E-state index contributed by atoms with van der Waals surface area (Å²) >= 11 is 18.4. The topological polar surface area (TPSA) is 112 Å². The monoisotopic (exact) mass is 521 g/mol. The molecule has 1 saturated heterocycles. The largest absolute Gasteiger partial charge is 0.381 e. The Morgan fingerprint density at radius 2 is 1.82 bits per heavy atom. The highest BCUT2D eigenvalue weighted by molar-refractivity contribution is 6.43. The van der Waals surface area contributed by atoms with Gasteiger partial charge in [-0.1, -0.05) is 64.3 Å². The number of nitrogens with zero attached hydrogens (tertiary/aromatic N) is 3. The van der Waals surface area contributed by atoms with E-state index in [1.807, 2.05) is 0 Å². The number of nitrogens with one attached hydrogen (secondary N) is 1. The summed E-state index contributed by atoms with van der Waals surface area (Å²) in [6.45, 7) is 0.692. The van der Waals surface area contributed by atoms with E-state index in [9.17, 15) is 9.59 Å². The molecule has 0 radical (unpaired) electrons. The maximum Gasteiger partial charge on any atom is 0.248 e. The van der Waals surface area contributed by atoms with E-state index < -0.39 is 17.5 Å². The number of ether oxygens (including phenoxy) is 1. The number of hydrogen-bond donors (Lipinski definition) is 2. The minimum atomic E-state index is -1.11. The molecule has 3 aromatic rings. The maximum atomic E-state index is 13.6. The molecular formula is C23H22Cl3N5O3. The van der Waals surface area contributed by atoms with Gasteiger partial charge in [0.2, 0.25) is 11.8 Å². The second-order valence-corrected chi connectivity index (χ2v) is 9.27. The Balaban J connectivity index is 1.62. The molecule has 2 heterocycles. The molecule has 1 fully saturated rings. The van der Waals surface area contributed by atoms with Crippen LogP contribution < -0.4 is 11.1 Å². The molecule has 34 heavy (non-hydrogen) atoms. The molecule has 1 aliphatic rings. The molecule has 1 aliphatic heterocycles. The van der Waals surface area contributed by atoms with E-state index in [1.54, 1.807) is 48.7 Å². The fourth-order valence-electron chi connectivity index (χ4n) is 3.94.